The van der Waals surface area contributed by atoms with Crippen molar-refractivity contribution in [2.45, 2.75) is 39.0 Å². The number of fused-ring (bicyclic) bond motifs is 1. The maximum absolute atomic E-state index is 12.5. The Bertz CT molecular complexity index is 619. The monoisotopic (exact) mass is 316 g/mol. The number of phenols is 1. The van der Waals surface area contributed by atoms with Crippen molar-refractivity contribution < 1.29 is 14.7 Å². The summed E-state index contributed by atoms with van der Waals surface area (Å²) in [6, 6.07) is 3.13. The van der Waals surface area contributed by atoms with E-state index in [4.69, 9.17) is 0 Å². The van der Waals surface area contributed by atoms with Crippen molar-refractivity contribution in [2.75, 3.05) is 25.0 Å². The van der Waals surface area contributed by atoms with Gasteiger partial charge in [-0.1, -0.05) is 6.92 Å². The van der Waals surface area contributed by atoms with Gasteiger partial charge in [-0.15, -0.1) is 0 Å². The van der Waals surface area contributed by atoms with Crippen LogP contribution < -0.4 is 5.32 Å². The van der Waals surface area contributed by atoms with Crippen molar-refractivity contribution in [2.24, 2.45) is 5.92 Å². The van der Waals surface area contributed by atoms with E-state index in [0.717, 1.165) is 32.0 Å². The van der Waals surface area contributed by atoms with Crippen LogP contribution >= 0.6 is 0 Å². The highest BCUT2D eigenvalue weighted by atomic mass is 16.3. The predicted octanol–water partition coefficient (Wildman–Crippen LogP) is 2.58. The number of aromatic hydroxyl groups is 1. The number of hydrogen-bond acceptors (Lipinski definition) is 4. The van der Waals surface area contributed by atoms with Gasteiger partial charge in [-0.05, 0) is 62.5 Å². The summed E-state index contributed by atoms with van der Waals surface area (Å²) in [5.74, 6) is 0.739. The number of likely N-dealkylation sites (tertiary alicyclic amines) is 1. The second-order valence-electron chi connectivity index (χ2n) is 6.76. The molecular formula is C18H24N2O3. The number of nitrogens with one attached hydrogen (secondary N) is 1. The summed E-state index contributed by atoms with van der Waals surface area (Å²) in [7, 11) is 0. The molecule has 0 aliphatic carbocycles. The summed E-state index contributed by atoms with van der Waals surface area (Å²) in [5, 5.41) is 12.4. The molecule has 1 fully saturated rings. The third-order valence-corrected chi connectivity index (χ3v) is 4.95. The summed E-state index contributed by atoms with van der Waals surface area (Å²) >= 11 is 0. The van der Waals surface area contributed by atoms with E-state index in [1.165, 1.54) is 18.9 Å². The lowest BCUT2D eigenvalue weighted by Crippen LogP contribution is -2.33. The molecule has 2 aliphatic rings. The number of phenolic OH excluding ortho intramolecular Hbond substituents is 1. The number of anilines is 1. The first-order valence-corrected chi connectivity index (χ1v) is 8.45. The molecule has 1 aromatic carbocycles. The van der Waals surface area contributed by atoms with Gasteiger partial charge in [0.15, 0.2) is 5.78 Å². The largest absolute Gasteiger partial charge is 0.506 e. The van der Waals surface area contributed by atoms with Gasteiger partial charge in [0.25, 0.3) is 0 Å². The zero-order chi connectivity index (χ0) is 16.4. The second-order valence-corrected chi connectivity index (χ2v) is 6.76. The van der Waals surface area contributed by atoms with Crippen LogP contribution in [0.5, 0.6) is 5.75 Å². The molecule has 0 spiro atoms. The third-order valence-electron chi connectivity index (χ3n) is 4.95. The molecule has 2 aliphatic heterocycles. The van der Waals surface area contributed by atoms with Gasteiger partial charge >= 0.3 is 0 Å². The molecule has 5 nitrogen and oxygen atoms in total. The molecule has 0 bridgehead atoms. The van der Waals surface area contributed by atoms with Crippen molar-refractivity contribution in [3.63, 3.8) is 0 Å². The quantitative estimate of drug-likeness (QED) is 0.647. The minimum atomic E-state index is -0.169. The standard InChI is InChI=1S/C18H24N2O3/c1-12-6-9-20(10-7-12)8-2-3-15(21)13-4-5-16(22)18-14(13)11-17(23)19-18/h4-5,12,22H,2-3,6-11H2,1H3,(H,19,23). The van der Waals surface area contributed by atoms with Crippen LogP contribution in [0.3, 0.4) is 0 Å². The van der Waals surface area contributed by atoms with Crippen LogP contribution in [0.2, 0.25) is 0 Å². The van der Waals surface area contributed by atoms with E-state index in [9.17, 15) is 14.7 Å². The maximum atomic E-state index is 12.5. The maximum Gasteiger partial charge on any atom is 0.229 e. The van der Waals surface area contributed by atoms with E-state index in [-0.39, 0.29) is 23.9 Å². The van der Waals surface area contributed by atoms with Crippen LogP contribution in [0.15, 0.2) is 12.1 Å². The fourth-order valence-corrected chi connectivity index (χ4v) is 3.45. The summed E-state index contributed by atoms with van der Waals surface area (Å²) in [5.41, 5.74) is 1.63. The van der Waals surface area contributed by atoms with E-state index >= 15 is 0 Å². The molecule has 1 amide bonds. The smallest absolute Gasteiger partial charge is 0.229 e. The second kappa shape index (κ2) is 6.71. The van der Waals surface area contributed by atoms with Crippen LogP contribution in [0, 0.1) is 5.92 Å². The molecule has 1 aromatic rings. The van der Waals surface area contributed by atoms with Crippen LogP contribution in [-0.2, 0) is 11.2 Å². The molecule has 0 radical (unpaired) electrons. The first kappa shape index (κ1) is 16.0. The van der Waals surface area contributed by atoms with Gasteiger partial charge < -0.3 is 15.3 Å². The summed E-state index contributed by atoms with van der Waals surface area (Å²) in [4.78, 5) is 26.4. The molecule has 124 valence electrons. The number of ketones is 1. The molecule has 23 heavy (non-hydrogen) atoms. The number of hydrogen-bond donors (Lipinski definition) is 2. The van der Waals surface area contributed by atoms with Gasteiger partial charge in [0.2, 0.25) is 5.91 Å². The van der Waals surface area contributed by atoms with E-state index in [1.807, 2.05) is 0 Å². The highest BCUT2D eigenvalue weighted by molar-refractivity contribution is 6.07. The number of carbonyl (C=O) groups is 2. The van der Waals surface area contributed by atoms with Crippen LogP contribution in [0.1, 0.15) is 48.5 Å². The highest BCUT2D eigenvalue weighted by Gasteiger charge is 2.26. The third kappa shape index (κ3) is 3.55. The number of carbonyl (C=O) groups excluding carboxylic acids is 2. The van der Waals surface area contributed by atoms with E-state index in [0.29, 0.717) is 23.2 Å². The molecular weight excluding hydrogens is 292 g/mol. The van der Waals surface area contributed by atoms with Crippen LogP contribution in [0.25, 0.3) is 0 Å². The molecule has 0 aromatic heterocycles. The van der Waals surface area contributed by atoms with Crippen LogP contribution in [-0.4, -0.2) is 41.3 Å². The van der Waals surface area contributed by atoms with Gasteiger partial charge in [0.05, 0.1) is 12.1 Å². The fourth-order valence-electron chi connectivity index (χ4n) is 3.45. The highest BCUT2D eigenvalue weighted by Crippen LogP contribution is 2.35. The van der Waals surface area contributed by atoms with Crippen molar-refractivity contribution >= 4 is 17.4 Å². The Morgan fingerprint density at radius 1 is 1.35 bits per heavy atom. The molecule has 5 heteroatoms. The molecule has 0 saturated carbocycles. The van der Waals surface area contributed by atoms with Crippen molar-refractivity contribution in [1.29, 1.82) is 0 Å². The first-order valence-electron chi connectivity index (χ1n) is 8.45. The Morgan fingerprint density at radius 2 is 2.09 bits per heavy atom. The lowest BCUT2D eigenvalue weighted by atomic mass is 9.97. The summed E-state index contributed by atoms with van der Waals surface area (Å²) in [6.07, 6.45) is 3.98. The van der Waals surface area contributed by atoms with Gasteiger partial charge in [0, 0.05) is 12.0 Å². The summed E-state index contributed by atoms with van der Waals surface area (Å²) in [6.45, 7) is 5.50. The molecule has 3 rings (SSSR count). The van der Waals surface area contributed by atoms with E-state index < -0.39 is 0 Å². The minimum Gasteiger partial charge on any atom is -0.506 e. The van der Waals surface area contributed by atoms with Gasteiger partial charge in [0.1, 0.15) is 5.75 Å². The average Bonchev–Trinajstić information content (AvgIpc) is 2.92. The number of Topliss-reactive ketones (excluding diaryl/α,β-unsaturated/α-hetero) is 1. The predicted molar refractivity (Wildman–Crippen MR) is 88.8 cm³/mol. The Morgan fingerprint density at radius 3 is 2.83 bits per heavy atom. The van der Waals surface area contributed by atoms with Crippen molar-refractivity contribution in [3.8, 4) is 5.75 Å². The summed E-state index contributed by atoms with van der Waals surface area (Å²) < 4.78 is 0. The number of piperidine rings is 1. The Balaban J connectivity index is 1.57. The van der Waals surface area contributed by atoms with Crippen LogP contribution in [0.4, 0.5) is 5.69 Å². The van der Waals surface area contributed by atoms with Gasteiger partial charge in [-0.3, -0.25) is 9.59 Å². The molecule has 1 saturated heterocycles. The molecule has 0 atom stereocenters. The fraction of sp³-hybridized carbons (Fsp3) is 0.556. The van der Waals surface area contributed by atoms with Gasteiger partial charge in [-0.25, -0.2) is 0 Å². The zero-order valence-corrected chi connectivity index (χ0v) is 13.6. The average molecular weight is 316 g/mol. The minimum absolute atomic E-state index is 0.0323. The van der Waals surface area contributed by atoms with E-state index in [1.54, 1.807) is 6.07 Å². The number of amides is 1. The van der Waals surface area contributed by atoms with E-state index in [2.05, 4.69) is 17.1 Å². The number of nitrogens with zero attached hydrogens (tertiary/aromatic N) is 1. The molecule has 0 unspecified atom stereocenters. The zero-order valence-electron chi connectivity index (χ0n) is 13.6. The molecule has 2 heterocycles. The van der Waals surface area contributed by atoms with Crippen molar-refractivity contribution in [1.82, 2.24) is 4.90 Å². The number of benzene rings is 1. The Hall–Kier alpha value is -1.88. The van der Waals surface area contributed by atoms with Gasteiger partial charge in [-0.2, -0.15) is 0 Å². The normalized spacial score (nSPS) is 18.7. The molecule has 2 N–H and O–H groups in total. The first-order chi connectivity index (χ1) is 11.0. The number of rotatable bonds is 5. The topological polar surface area (TPSA) is 69.6 Å². The lowest BCUT2D eigenvalue weighted by Gasteiger charge is -2.30. The lowest BCUT2D eigenvalue weighted by molar-refractivity contribution is -0.115. The Kier molecular flexibility index (Phi) is 4.66. The SMILES string of the molecule is CC1CCN(CCCC(=O)c2ccc(O)c3c2CC(=O)N3)CC1. The van der Waals surface area contributed by atoms with Crippen molar-refractivity contribution in [3.05, 3.63) is 23.3 Å². The Labute approximate surface area is 136 Å².